The van der Waals surface area contributed by atoms with E-state index in [4.69, 9.17) is 9.84 Å². The van der Waals surface area contributed by atoms with Crippen LogP contribution < -0.4 is 4.74 Å². The van der Waals surface area contributed by atoms with E-state index in [0.717, 1.165) is 22.4 Å². The van der Waals surface area contributed by atoms with Gasteiger partial charge in [-0.3, -0.25) is 9.78 Å². The molecular formula is C20H17NO3. The van der Waals surface area contributed by atoms with Crippen molar-refractivity contribution < 1.29 is 14.6 Å². The molecule has 0 spiro atoms. The fourth-order valence-electron chi connectivity index (χ4n) is 2.36. The summed E-state index contributed by atoms with van der Waals surface area (Å²) in [6.07, 6.45) is 1.62. The standard InChI is InChI=1S/C20H17NO3/c22-20(23)12-18-10-9-17(13-21-18)16-7-4-8-19(11-16)24-14-15-5-2-1-3-6-15/h1-11,13H,12,14H2,(H,22,23). The average molecular weight is 319 g/mol. The van der Waals surface area contributed by atoms with Crippen molar-refractivity contribution in [2.75, 3.05) is 0 Å². The van der Waals surface area contributed by atoms with Crippen LogP contribution in [0.5, 0.6) is 5.75 Å². The number of aromatic nitrogens is 1. The zero-order chi connectivity index (χ0) is 16.8. The van der Waals surface area contributed by atoms with Crippen molar-refractivity contribution in [2.24, 2.45) is 0 Å². The number of rotatable bonds is 6. The van der Waals surface area contributed by atoms with E-state index in [-0.39, 0.29) is 6.42 Å². The summed E-state index contributed by atoms with van der Waals surface area (Å²) in [5, 5.41) is 8.79. The third-order valence-electron chi connectivity index (χ3n) is 3.57. The molecular weight excluding hydrogens is 302 g/mol. The van der Waals surface area contributed by atoms with Gasteiger partial charge in [0.25, 0.3) is 0 Å². The van der Waals surface area contributed by atoms with E-state index in [1.807, 2.05) is 60.7 Å². The van der Waals surface area contributed by atoms with Crippen molar-refractivity contribution in [3.05, 3.63) is 84.2 Å². The molecule has 1 N–H and O–H groups in total. The summed E-state index contributed by atoms with van der Waals surface area (Å²) in [6.45, 7) is 0.514. The Morgan fingerprint density at radius 3 is 2.50 bits per heavy atom. The molecule has 0 amide bonds. The quantitative estimate of drug-likeness (QED) is 0.747. The molecule has 2 aromatic carbocycles. The van der Waals surface area contributed by atoms with Crippen LogP contribution in [0.15, 0.2) is 72.9 Å². The van der Waals surface area contributed by atoms with Gasteiger partial charge >= 0.3 is 5.97 Å². The summed E-state index contributed by atoms with van der Waals surface area (Å²) in [4.78, 5) is 14.9. The van der Waals surface area contributed by atoms with E-state index in [9.17, 15) is 4.79 Å². The van der Waals surface area contributed by atoms with Gasteiger partial charge in [0.1, 0.15) is 12.4 Å². The minimum Gasteiger partial charge on any atom is -0.489 e. The van der Waals surface area contributed by atoms with Crippen molar-refractivity contribution in [1.82, 2.24) is 4.98 Å². The molecule has 24 heavy (non-hydrogen) atoms. The van der Waals surface area contributed by atoms with Gasteiger partial charge in [0, 0.05) is 11.8 Å². The summed E-state index contributed by atoms with van der Waals surface area (Å²) in [5.74, 6) is -0.0995. The highest BCUT2D eigenvalue weighted by atomic mass is 16.5. The first kappa shape index (κ1) is 15.7. The number of benzene rings is 2. The lowest BCUT2D eigenvalue weighted by Crippen LogP contribution is -2.01. The normalized spacial score (nSPS) is 10.3. The number of hydrogen-bond donors (Lipinski definition) is 1. The first-order valence-electron chi connectivity index (χ1n) is 7.64. The smallest absolute Gasteiger partial charge is 0.309 e. The van der Waals surface area contributed by atoms with Gasteiger partial charge in [0.05, 0.1) is 12.1 Å². The van der Waals surface area contributed by atoms with E-state index in [1.165, 1.54) is 0 Å². The number of pyridine rings is 1. The second-order valence-corrected chi connectivity index (χ2v) is 5.41. The maximum Gasteiger partial charge on any atom is 0.309 e. The Morgan fingerprint density at radius 2 is 1.79 bits per heavy atom. The molecule has 0 radical (unpaired) electrons. The number of nitrogens with zero attached hydrogens (tertiary/aromatic N) is 1. The largest absolute Gasteiger partial charge is 0.489 e. The van der Waals surface area contributed by atoms with Gasteiger partial charge in [-0.05, 0) is 29.3 Å². The molecule has 0 saturated heterocycles. The third-order valence-corrected chi connectivity index (χ3v) is 3.57. The van der Waals surface area contributed by atoms with Gasteiger partial charge in [-0.2, -0.15) is 0 Å². The average Bonchev–Trinajstić information content (AvgIpc) is 2.61. The first-order valence-corrected chi connectivity index (χ1v) is 7.64. The van der Waals surface area contributed by atoms with Crippen molar-refractivity contribution in [3.8, 4) is 16.9 Å². The molecule has 0 unspecified atom stereocenters. The third kappa shape index (κ3) is 4.20. The molecule has 0 bridgehead atoms. The predicted octanol–water partition coefficient (Wildman–Crippen LogP) is 3.95. The molecule has 0 saturated carbocycles. The van der Waals surface area contributed by atoms with Gasteiger partial charge < -0.3 is 9.84 Å². The molecule has 0 aliphatic heterocycles. The minimum absolute atomic E-state index is 0.0689. The van der Waals surface area contributed by atoms with Crippen LogP contribution >= 0.6 is 0 Å². The zero-order valence-electron chi connectivity index (χ0n) is 13.1. The second kappa shape index (κ2) is 7.42. The summed E-state index contributed by atoms with van der Waals surface area (Å²) in [5.41, 5.74) is 3.56. The molecule has 3 rings (SSSR count). The Hall–Kier alpha value is -3.14. The molecule has 1 heterocycles. The van der Waals surface area contributed by atoms with E-state index in [2.05, 4.69) is 4.98 Å². The molecule has 3 aromatic rings. The lowest BCUT2D eigenvalue weighted by Gasteiger charge is -2.08. The van der Waals surface area contributed by atoms with Crippen LogP contribution in [-0.4, -0.2) is 16.1 Å². The van der Waals surface area contributed by atoms with Crippen molar-refractivity contribution >= 4 is 5.97 Å². The molecule has 0 fully saturated rings. The Morgan fingerprint density at radius 1 is 0.958 bits per heavy atom. The molecule has 0 aliphatic carbocycles. The summed E-state index contributed by atoms with van der Waals surface area (Å²) in [6, 6.07) is 21.4. The minimum atomic E-state index is -0.883. The molecule has 4 heteroatoms. The fraction of sp³-hybridized carbons (Fsp3) is 0.100. The van der Waals surface area contributed by atoms with Crippen LogP contribution in [0.3, 0.4) is 0 Å². The van der Waals surface area contributed by atoms with E-state index >= 15 is 0 Å². The predicted molar refractivity (Wildman–Crippen MR) is 91.8 cm³/mol. The highest BCUT2D eigenvalue weighted by Gasteiger charge is 2.04. The Kier molecular flexibility index (Phi) is 4.87. The van der Waals surface area contributed by atoms with Crippen LogP contribution in [0.25, 0.3) is 11.1 Å². The van der Waals surface area contributed by atoms with E-state index in [1.54, 1.807) is 12.3 Å². The van der Waals surface area contributed by atoms with Gasteiger partial charge in [-0.15, -0.1) is 0 Å². The number of ether oxygens (including phenoxy) is 1. The lowest BCUT2D eigenvalue weighted by molar-refractivity contribution is -0.136. The van der Waals surface area contributed by atoms with Crippen LogP contribution in [0, 0.1) is 0 Å². The summed E-state index contributed by atoms with van der Waals surface area (Å²) < 4.78 is 5.83. The topological polar surface area (TPSA) is 59.4 Å². The number of aliphatic carboxylic acids is 1. The number of carboxylic acid groups (broad SMARTS) is 1. The van der Waals surface area contributed by atoms with Crippen LogP contribution in [-0.2, 0) is 17.8 Å². The summed E-state index contributed by atoms with van der Waals surface area (Å²) in [7, 11) is 0. The van der Waals surface area contributed by atoms with Crippen LogP contribution in [0.2, 0.25) is 0 Å². The number of carboxylic acids is 1. The van der Waals surface area contributed by atoms with Gasteiger partial charge in [0.15, 0.2) is 0 Å². The van der Waals surface area contributed by atoms with E-state index < -0.39 is 5.97 Å². The molecule has 120 valence electrons. The maximum absolute atomic E-state index is 10.7. The fourth-order valence-corrected chi connectivity index (χ4v) is 2.36. The van der Waals surface area contributed by atoms with Crippen molar-refractivity contribution in [3.63, 3.8) is 0 Å². The monoisotopic (exact) mass is 319 g/mol. The molecule has 0 aliphatic rings. The zero-order valence-corrected chi connectivity index (χ0v) is 13.1. The molecule has 0 atom stereocenters. The van der Waals surface area contributed by atoms with Crippen molar-refractivity contribution in [1.29, 1.82) is 0 Å². The van der Waals surface area contributed by atoms with Crippen LogP contribution in [0.1, 0.15) is 11.3 Å². The molecule has 4 nitrogen and oxygen atoms in total. The van der Waals surface area contributed by atoms with Gasteiger partial charge in [-0.1, -0.05) is 48.5 Å². The van der Waals surface area contributed by atoms with Gasteiger partial charge in [-0.25, -0.2) is 0 Å². The highest BCUT2D eigenvalue weighted by Crippen LogP contribution is 2.24. The maximum atomic E-state index is 10.7. The van der Waals surface area contributed by atoms with Gasteiger partial charge in [0.2, 0.25) is 0 Å². The highest BCUT2D eigenvalue weighted by molar-refractivity contribution is 5.70. The number of carbonyl (C=O) groups is 1. The number of hydrogen-bond acceptors (Lipinski definition) is 3. The lowest BCUT2D eigenvalue weighted by atomic mass is 10.1. The molecule has 1 aromatic heterocycles. The van der Waals surface area contributed by atoms with Crippen LogP contribution in [0.4, 0.5) is 0 Å². The SMILES string of the molecule is O=C(O)Cc1ccc(-c2cccc(OCc3ccccc3)c2)cn1. The summed E-state index contributed by atoms with van der Waals surface area (Å²) >= 11 is 0. The Bertz CT molecular complexity index is 814. The van der Waals surface area contributed by atoms with E-state index in [0.29, 0.717) is 12.3 Å². The Labute approximate surface area is 140 Å². The Balaban J connectivity index is 1.71. The first-order chi connectivity index (χ1) is 11.7. The second-order valence-electron chi connectivity index (χ2n) is 5.41. The van der Waals surface area contributed by atoms with Crippen molar-refractivity contribution in [2.45, 2.75) is 13.0 Å².